The zero-order valence-corrected chi connectivity index (χ0v) is 11.7. The molecule has 0 fully saturated rings. The van der Waals surface area contributed by atoms with Crippen LogP contribution in [0.3, 0.4) is 0 Å². The third-order valence-electron chi connectivity index (χ3n) is 2.22. The highest BCUT2D eigenvalue weighted by Gasteiger charge is 2.14. The van der Waals surface area contributed by atoms with Gasteiger partial charge in [0.2, 0.25) is 5.91 Å². The van der Waals surface area contributed by atoms with Gasteiger partial charge in [-0.25, -0.2) is 0 Å². The molecule has 0 atom stereocenters. The first-order valence-corrected chi connectivity index (χ1v) is 6.82. The number of hydrogen-bond acceptors (Lipinski definition) is 4. The van der Waals surface area contributed by atoms with E-state index in [1.807, 2.05) is 17.5 Å². The van der Waals surface area contributed by atoms with Crippen LogP contribution in [0, 0.1) is 0 Å². The van der Waals surface area contributed by atoms with E-state index in [4.69, 9.17) is 4.74 Å². The van der Waals surface area contributed by atoms with E-state index in [1.165, 1.54) is 11.0 Å². The number of hydrogen-bond donors (Lipinski definition) is 0. The molecule has 4 nitrogen and oxygen atoms in total. The lowest BCUT2D eigenvalue weighted by Crippen LogP contribution is -2.35. The van der Waals surface area contributed by atoms with E-state index in [0.29, 0.717) is 13.2 Å². The Balaban J connectivity index is 2.61. The zero-order valence-electron chi connectivity index (χ0n) is 10.9. The molecule has 19 heavy (non-hydrogen) atoms. The quantitative estimate of drug-likeness (QED) is 0.437. The van der Waals surface area contributed by atoms with Crippen molar-refractivity contribution < 1.29 is 14.3 Å². The van der Waals surface area contributed by atoms with Crippen LogP contribution in [0.25, 0.3) is 6.08 Å². The van der Waals surface area contributed by atoms with Crippen molar-refractivity contribution in [2.45, 2.75) is 6.92 Å². The molecule has 1 rings (SSSR count). The maximum absolute atomic E-state index is 12.0. The van der Waals surface area contributed by atoms with Crippen LogP contribution >= 0.6 is 11.3 Å². The van der Waals surface area contributed by atoms with Crippen molar-refractivity contribution in [2.75, 3.05) is 19.7 Å². The highest BCUT2D eigenvalue weighted by Crippen LogP contribution is 2.10. The Morgan fingerprint density at radius 1 is 1.53 bits per heavy atom. The average molecular weight is 279 g/mol. The summed E-state index contributed by atoms with van der Waals surface area (Å²) >= 11 is 1.54. The van der Waals surface area contributed by atoms with Crippen LogP contribution in [0.4, 0.5) is 0 Å². The number of nitrogens with zero attached hydrogens (tertiary/aromatic N) is 1. The van der Waals surface area contributed by atoms with E-state index in [-0.39, 0.29) is 12.5 Å². The Hall–Kier alpha value is -1.88. The van der Waals surface area contributed by atoms with Crippen LogP contribution in [-0.2, 0) is 14.3 Å². The molecule has 0 bridgehead atoms. The summed E-state index contributed by atoms with van der Waals surface area (Å²) in [5, 5.41) is 1.93. The van der Waals surface area contributed by atoms with E-state index >= 15 is 0 Å². The fraction of sp³-hybridized carbons (Fsp3) is 0.286. The van der Waals surface area contributed by atoms with Crippen LogP contribution in [0.5, 0.6) is 0 Å². The Morgan fingerprint density at radius 3 is 2.89 bits per heavy atom. The summed E-state index contributed by atoms with van der Waals surface area (Å²) in [6.45, 7) is 5.86. The summed E-state index contributed by atoms with van der Waals surface area (Å²) in [5.74, 6) is -0.649. The van der Waals surface area contributed by atoms with Crippen LogP contribution < -0.4 is 0 Å². The first-order chi connectivity index (χ1) is 9.17. The minimum Gasteiger partial charge on any atom is -0.465 e. The second-order valence-electron chi connectivity index (χ2n) is 3.66. The lowest BCUT2D eigenvalue weighted by Gasteiger charge is -2.17. The molecule has 0 aliphatic carbocycles. The van der Waals surface area contributed by atoms with Gasteiger partial charge in [0, 0.05) is 17.5 Å². The number of carbonyl (C=O) groups is 2. The Kier molecular flexibility index (Phi) is 6.60. The molecular formula is C14H17NO3S. The second-order valence-corrected chi connectivity index (χ2v) is 4.64. The standard InChI is InChI=1S/C14H17NO3S/c1-3-9-15(11-14(17)18-4-2)13(16)8-7-12-6-5-10-19-12/h3,5-8,10H,1,4,9,11H2,2H3/b8-7+. The first-order valence-electron chi connectivity index (χ1n) is 5.94. The summed E-state index contributed by atoms with van der Waals surface area (Å²) in [7, 11) is 0. The van der Waals surface area contributed by atoms with E-state index in [0.717, 1.165) is 4.88 Å². The first kappa shape index (κ1) is 15.2. The Bertz CT molecular complexity index is 451. The third kappa shape index (κ3) is 5.52. The summed E-state index contributed by atoms with van der Waals surface area (Å²) in [4.78, 5) is 25.7. The molecule has 0 saturated carbocycles. The van der Waals surface area contributed by atoms with Crippen molar-refractivity contribution in [1.29, 1.82) is 0 Å². The topological polar surface area (TPSA) is 46.6 Å². The number of thiophene rings is 1. The zero-order chi connectivity index (χ0) is 14.1. The monoisotopic (exact) mass is 279 g/mol. The molecule has 0 N–H and O–H groups in total. The van der Waals surface area contributed by atoms with Gasteiger partial charge in [-0.3, -0.25) is 9.59 Å². The summed E-state index contributed by atoms with van der Waals surface area (Å²) in [6.07, 6.45) is 4.76. The highest BCUT2D eigenvalue weighted by molar-refractivity contribution is 7.10. The molecule has 0 saturated heterocycles. The molecule has 1 aromatic heterocycles. The van der Waals surface area contributed by atoms with Gasteiger partial charge in [-0.2, -0.15) is 0 Å². The SMILES string of the molecule is C=CCN(CC(=O)OCC)C(=O)/C=C/c1cccs1. The molecule has 0 unspecified atom stereocenters. The van der Waals surface area contributed by atoms with Crippen LogP contribution in [0.1, 0.15) is 11.8 Å². The normalized spacial score (nSPS) is 10.4. The second kappa shape index (κ2) is 8.26. The maximum atomic E-state index is 12.0. The van der Waals surface area contributed by atoms with Crippen LogP contribution in [-0.4, -0.2) is 36.5 Å². The van der Waals surface area contributed by atoms with E-state index < -0.39 is 5.97 Å². The maximum Gasteiger partial charge on any atom is 0.325 e. The van der Waals surface area contributed by atoms with Gasteiger partial charge in [0.05, 0.1) is 6.61 Å². The molecule has 1 amide bonds. The predicted octanol–water partition coefficient (Wildman–Crippen LogP) is 2.34. The van der Waals surface area contributed by atoms with Crippen molar-refractivity contribution >= 4 is 29.3 Å². The molecule has 1 aromatic rings. The molecule has 0 aliphatic rings. The van der Waals surface area contributed by atoms with Crippen LogP contribution in [0.2, 0.25) is 0 Å². The molecule has 1 heterocycles. The molecule has 5 heteroatoms. The molecular weight excluding hydrogens is 262 g/mol. The van der Waals surface area contributed by atoms with Gasteiger partial charge >= 0.3 is 5.97 Å². The molecule has 0 aliphatic heterocycles. The van der Waals surface area contributed by atoms with Crippen LogP contribution in [0.15, 0.2) is 36.2 Å². The minimum absolute atomic E-state index is 0.0620. The van der Waals surface area contributed by atoms with E-state index in [1.54, 1.807) is 30.4 Å². The van der Waals surface area contributed by atoms with Gasteiger partial charge in [0.15, 0.2) is 0 Å². The molecule has 0 radical (unpaired) electrons. The van der Waals surface area contributed by atoms with Gasteiger partial charge in [0.1, 0.15) is 6.54 Å². The lowest BCUT2D eigenvalue weighted by atomic mass is 10.3. The van der Waals surface area contributed by atoms with E-state index in [9.17, 15) is 9.59 Å². The number of esters is 1. The summed E-state index contributed by atoms with van der Waals surface area (Å²) in [6, 6.07) is 3.83. The van der Waals surface area contributed by atoms with Gasteiger partial charge < -0.3 is 9.64 Å². The largest absolute Gasteiger partial charge is 0.465 e. The molecule has 0 aromatic carbocycles. The number of carbonyl (C=O) groups excluding carboxylic acids is 2. The molecule has 0 spiro atoms. The van der Waals surface area contributed by atoms with Crippen molar-refractivity contribution in [1.82, 2.24) is 4.90 Å². The number of amides is 1. The van der Waals surface area contributed by atoms with E-state index in [2.05, 4.69) is 6.58 Å². The van der Waals surface area contributed by atoms with Crippen molar-refractivity contribution in [3.05, 3.63) is 41.1 Å². The Morgan fingerprint density at radius 2 is 2.32 bits per heavy atom. The van der Waals surface area contributed by atoms with Crippen molar-refractivity contribution in [3.63, 3.8) is 0 Å². The minimum atomic E-state index is -0.415. The van der Waals surface area contributed by atoms with Gasteiger partial charge in [0.25, 0.3) is 0 Å². The third-order valence-corrected chi connectivity index (χ3v) is 3.06. The Labute approximate surface area is 117 Å². The van der Waals surface area contributed by atoms with Gasteiger partial charge in [-0.1, -0.05) is 12.1 Å². The number of rotatable bonds is 7. The fourth-order valence-electron chi connectivity index (χ4n) is 1.40. The number of ether oxygens (including phenoxy) is 1. The molecule has 102 valence electrons. The summed E-state index contributed by atoms with van der Waals surface area (Å²) in [5.41, 5.74) is 0. The summed E-state index contributed by atoms with van der Waals surface area (Å²) < 4.78 is 4.83. The van der Waals surface area contributed by atoms with Crippen molar-refractivity contribution in [3.8, 4) is 0 Å². The lowest BCUT2D eigenvalue weighted by molar-refractivity contribution is -0.147. The van der Waals surface area contributed by atoms with Gasteiger partial charge in [-0.15, -0.1) is 17.9 Å². The van der Waals surface area contributed by atoms with Gasteiger partial charge in [-0.05, 0) is 24.4 Å². The average Bonchev–Trinajstić information content (AvgIpc) is 2.89. The fourth-order valence-corrected chi connectivity index (χ4v) is 2.01. The highest BCUT2D eigenvalue weighted by atomic mass is 32.1. The smallest absolute Gasteiger partial charge is 0.325 e. The van der Waals surface area contributed by atoms with Crippen molar-refractivity contribution in [2.24, 2.45) is 0 Å². The predicted molar refractivity (Wildman–Crippen MR) is 76.8 cm³/mol.